The standard InChI is InChI=1S/C28H39N3O/c1-4-25-9-6-11-27-24(3)22-31(28(25)27)15-7-14-29-16-18-30(19-17-29)20-21-32-26-10-5-8-23(2)12-13-26/h5-6,9-13,22H,4,7-8,14-21H2,1-3H3. The Morgan fingerprint density at radius 1 is 0.938 bits per heavy atom. The number of hydrogen-bond acceptors (Lipinski definition) is 3. The third-order valence-corrected chi connectivity index (χ3v) is 6.83. The highest BCUT2D eigenvalue weighted by Crippen LogP contribution is 2.25. The molecule has 1 aromatic carbocycles. The lowest BCUT2D eigenvalue weighted by Gasteiger charge is -2.34. The van der Waals surface area contributed by atoms with Gasteiger partial charge in [-0.05, 0) is 62.9 Å². The van der Waals surface area contributed by atoms with E-state index in [1.165, 1.54) is 40.6 Å². The van der Waals surface area contributed by atoms with Crippen LogP contribution in [0.25, 0.3) is 10.9 Å². The predicted molar refractivity (Wildman–Crippen MR) is 135 cm³/mol. The molecule has 4 rings (SSSR count). The fourth-order valence-electron chi connectivity index (χ4n) is 4.88. The summed E-state index contributed by atoms with van der Waals surface area (Å²) in [4.78, 5) is 5.16. The first-order valence-electron chi connectivity index (χ1n) is 12.3. The third kappa shape index (κ3) is 5.73. The summed E-state index contributed by atoms with van der Waals surface area (Å²) in [7, 11) is 0. The highest BCUT2D eigenvalue weighted by Gasteiger charge is 2.17. The normalized spacial score (nSPS) is 18.0. The Morgan fingerprint density at radius 2 is 1.72 bits per heavy atom. The van der Waals surface area contributed by atoms with Gasteiger partial charge in [-0.1, -0.05) is 42.8 Å². The van der Waals surface area contributed by atoms with Crippen molar-refractivity contribution in [1.29, 1.82) is 0 Å². The Kier molecular flexibility index (Phi) is 7.88. The molecule has 1 saturated heterocycles. The quantitative estimate of drug-likeness (QED) is 0.533. The molecule has 2 aliphatic rings. The van der Waals surface area contributed by atoms with Gasteiger partial charge >= 0.3 is 0 Å². The lowest BCUT2D eigenvalue weighted by molar-refractivity contribution is 0.102. The molecule has 32 heavy (non-hydrogen) atoms. The molecule has 4 heteroatoms. The van der Waals surface area contributed by atoms with Gasteiger partial charge in [0.05, 0.1) is 5.52 Å². The zero-order chi connectivity index (χ0) is 22.3. The van der Waals surface area contributed by atoms with Crippen LogP contribution in [0.1, 0.15) is 37.8 Å². The lowest BCUT2D eigenvalue weighted by Crippen LogP contribution is -2.47. The third-order valence-electron chi connectivity index (χ3n) is 6.83. The van der Waals surface area contributed by atoms with Crippen LogP contribution in [0.3, 0.4) is 0 Å². The van der Waals surface area contributed by atoms with Gasteiger partial charge in [0.2, 0.25) is 0 Å². The largest absolute Gasteiger partial charge is 0.492 e. The predicted octanol–water partition coefficient (Wildman–Crippen LogP) is 5.33. The van der Waals surface area contributed by atoms with Gasteiger partial charge in [-0.2, -0.15) is 0 Å². The number of para-hydroxylation sites is 1. The van der Waals surface area contributed by atoms with Gasteiger partial charge in [0.1, 0.15) is 12.4 Å². The van der Waals surface area contributed by atoms with Crippen molar-refractivity contribution >= 4 is 10.9 Å². The molecule has 0 unspecified atom stereocenters. The van der Waals surface area contributed by atoms with Crippen LogP contribution < -0.4 is 0 Å². The summed E-state index contributed by atoms with van der Waals surface area (Å²) in [5.74, 6) is 0.986. The molecule has 0 spiro atoms. The molecule has 2 aromatic rings. The SMILES string of the molecule is CCc1cccc2c(C)cn(CCCN3CCN(CCOC4=CC=C(C)CC=C4)CC3)c12. The van der Waals surface area contributed by atoms with E-state index in [0.29, 0.717) is 0 Å². The summed E-state index contributed by atoms with van der Waals surface area (Å²) in [6.45, 7) is 15.3. The van der Waals surface area contributed by atoms with Gasteiger partial charge in [-0.25, -0.2) is 0 Å². The van der Waals surface area contributed by atoms with E-state index in [4.69, 9.17) is 4.74 Å². The van der Waals surface area contributed by atoms with Crippen molar-refractivity contribution < 1.29 is 4.74 Å². The molecule has 2 heterocycles. The van der Waals surface area contributed by atoms with E-state index in [0.717, 1.165) is 64.5 Å². The van der Waals surface area contributed by atoms with Gasteiger partial charge in [-0.3, -0.25) is 4.90 Å². The summed E-state index contributed by atoms with van der Waals surface area (Å²) >= 11 is 0. The highest BCUT2D eigenvalue weighted by atomic mass is 16.5. The number of fused-ring (bicyclic) bond motifs is 1. The van der Waals surface area contributed by atoms with Crippen LogP contribution in [0.15, 0.2) is 60.0 Å². The molecular formula is C28H39N3O. The highest BCUT2D eigenvalue weighted by molar-refractivity contribution is 5.86. The zero-order valence-electron chi connectivity index (χ0n) is 20.1. The Labute approximate surface area is 193 Å². The van der Waals surface area contributed by atoms with E-state index in [9.17, 15) is 0 Å². The molecule has 1 aliphatic carbocycles. The molecule has 0 amide bonds. The molecule has 0 bridgehead atoms. The molecule has 1 fully saturated rings. The van der Waals surface area contributed by atoms with Gasteiger partial charge < -0.3 is 14.2 Å². The summed E-state index contributed by atoms with van der Waals surface area (Å²) in [5.41, 5.74) is 5.68. The Hall–Kier alpha value is -2.30. The first-order valence-corrected chi connectivity index (χ1v) is 12.3. The molecule has 0 atom stereocenters. The first-order chi connectivity index (χ1) is 15.6. The minimum atomic E-state index is 0.767. The van der Waals surface area contributed by atoms with Gasteiger partial charge in [0, 0.05) is 50.9 Å². The number of aryl methyl sites for hydroxylation is 3. The van der Waals surface area contributed by atoms with Crippen LogP contribution in [-0.2, 0) is 17.7 Å². The maximum atomic E-state index is 5.98. The van der Waals surface area contributed by atoms with Gasteiger partial charge in [0.15, 0.2) is 0 Å². The minimum Gasteiger partial charge on any atom is -0.492 e. The van der Waals surface area contributed by atoms with Crippen molar-refractivity contribution in [3.63, 3.8) is 0 Å². The van der Waals surface area contributed by atoms with Crippen molar-refractivity contribution in [2.75, 3.05) is 45.9 Å². The van der Waals surface area contributed by atoms with Crippen molar-refractivity contribution in [3.05, 3.63) is 71.2 Å². The van der Waals surface area contributed by atoms with Crippen molar-refractivity contribution in [2.24, 2.45) is 0 Å². The molecule has 0 saturated carbocycles. The minimum absolute atomic E-state index is 0.767. The second-order valence-electron chi connectivity index (χ2n) is 9.25. The van der Waals surface area contributed by atoms with Crippen LogP contribution in [0.4, 0.5) is 0 Å². The van der Waals surface area contributed by atoms with Crippen molar-refractivity contribution in [3.8, 4) is 0 Å². The zero-order valence-corrected chi connectivity index (χ0v) is 20.1. The average Bonchev–Trinajstić information content (AvgIpc) is 2.98. The summed E-state index contributed by atoms with van der Waals surface area (Å²) in [6, 6.07) is 6.75. The fraction of sp³-hybridized carbons (Fsp3) is 0.500. The van der Waals surface area contributed by atoms with E-state index in [1.807, 2.05) is 0 Å². The molecule has 0 N–H and O–H groups in total. The Morgan fingerprint density at radius 3 is 2.50 bits per heavy atom. The number of allylic oxidation sites excluding steroid dienone is 5. The van der Waals surface area contributed by atoms with Crippen molar-refractivity contribution in [2.45, 2.75) is 46.6 Å². The molecule has 1 aromatic heterocycles. The molecule has 172 valence electrons. The molecule has 1 aliphatic heterocycles. The van der Waals surface area contributed by atoms with Crippen LogP contribution in [0, 0.1) is 6.92 Å². The van der Waals surface area contributed by atoms with E-state index in [1.54, 1.807) is 0 Å². The maximum Gasteiger partial charge on any atom is 0.119 e. The lowest BCUT2D eigenvalue weighted by atomic mass is 10.1. The number of piperazine rings is 1. The van der Waals surface area contributed by atoms with Crippen LogP contribution in [0.5, 0.6) is 0 Å². The fourth-order valence-corrected chi connectivity index (χ4v) is 4.88. The second-order valence-corrected chi connectivity index (χ2v) is 9.25. The van der Waals surface area contributed by atoms with E-state index in [2.05, 4.69) is 83.8 Å². The number of rotatable bonds is 9. The van der Waals surface area contributed by atoms with E-state index in [-0.39, 0.29) is 0 Å². The number of benzene rings is 1. The van der Waals surface area contributed by atoms with E-state index < -0.39 is 0 Å². The molecule has 4 nitrogen and oxygen atoms in total. The summed E-state index contributed by atoms with van der Waals surface area (Å²) in [6.07, 6.45) is 14.2. The van der Waals surface area contributed by atoms with Crippen LogP contribution in [0.2, 0.25) is 0 Å². The number of nitrogens with zero attached hydrogens (tertiary/aromatic N) is 3. The smallest absolute Gasteiger partial charge is 0.119 e. The first kappa shape index (κ1) is 22.9. The average molecular weight is 434 g/mol. The van der Waals surface area contributed by atoms with Crippen LogP contribution in [-0.4, -0.2) is 60.2 Å². The number of ether oxygens (including phenoxy) is 1. The number of aromatic nitrogens is 1. The van der Waals surface area contributed by atoms with E-state index >= 15 is 0 Å². The van der Waals surface area contributed by atoms with Crippen LogP contribution >= 0.6 is 0 Å². The maximum absolute atomic E-state index is 5.98. The van der Waals surface area contributed by atoms with Gasteiger partial charge in [-0.15, -0.1) is 0 Å². The summed E-state index contributed by atoms with van der Waals surface area (Å²) < 4.78 is 8.47. The topological polar surface area (TPSA) is 20.6 Å². The molecule has 0 radical (unpaired) electrons. The van der Waals surface area contributed by atoms with Crippen molar-refractivity contribution in [1.82, 2.24) is 14.4 Å². The summed E-state index contributed by atoms with van der Waals surface area (Å²) in [5, 5.41) is 1.42. The Balaban J connectivity index is 1.18. The second kappa shape index (κ2) is 11.0. The monoisotopic (exact) mass is 433 g/mol. The Bertz CT molecular complexity index is 990. The number of hydrogen-bond donors (Lipinski definition) is 0. The molecular weight excluding hydrogens is 394 g/mol. The van der Waals surface area contributed by atoms with Gasteiger partial charge in [0.25, 0.3) is 0 Å².